The first kappa shape index (κ1) is 18.7. The number of nitrogens with one attached hydrogen (secondary N) is 1. The standard InChI is InChI=1S/C23H25N5O3/c1-22-8-9-23(13-22,14-30-22)17-12-28-11-16(20(29)27-18-7-2-3-10-24-18)25-21(19(28)26-17)31-15-5-4-6-15/h2-3,7,10-12,15H,4-6,8-9,13-14H2,1H3,(H,24,27,29)/t22-,23-/m1/s1. The fraction of sp³-hybridized carbons (Fsp3) is 0.478. The van der Waals surface area contributed by atoms with Crippen molar-refractivity contribution >= 4 is 17.4 Å². The number of anilines is 1. The summed E-state index contributed by atoms with van der Waals surface area (Å²) in [6.45, 7) is 2.87. The quantitative estimate of drug-likeness (QED) is 0.681. The van der Waals surface area contributed by atoms with Crippen molar-refractivity contribution in [3.63, 3.8) is 0 Å². The van der Waals surface area contributed by atoms with Gasteiger partial charge in [0.25, 0.3) is 11.8 Å². The van der Waals surface area contributed by atoms with Crippen molar-refractivity contribution in [2.24, 2.45) is 0 Å². The van der Waals surface area contributed by atoms with E-state index in [2.05, 4.69) is 22.2 Å². The van der Waals surface area contributed by atoms with Gasteiger partial charge < -0.3 is 14.8 Å². The van der Waals surface area contributed by atoms with Crippen LogP contribution in [0.1, 0.15) is 61.6 Å². The third-order valence-corrected chi connectivity index (χ3v) is 6.96. The van der Waals surface area contributed by atoms with E-state index >= 15 is 0 Å². The van der Waals surface area contributed by atoms with Crippen molar-refractivity contribution in [2.75, 3.05) is 11.9 Å². The molecule has 31 heavy (non-hydrogen) atoms. The normalized spacial score (nSPS) is 27.4. The molecule has 3 fully saturated rings. The van der Waals surface area contributed by atoms with E-state index in [-0.39, 0.29) is 28.7 Å². The molecule has 3 aromatic heterocycles. The van der Waals surface area contributed by atoms with Crippen molar-refractivity contribution in [3.05, 3.63) is 48.2 Å². The van der Waals surface area contributed by atoms with Crippen molar-refractivity contribution in [2.45, 2.75) is 62.6 Å². The first-order valence-corrected chi connectivity index (χ1v) is 11.0. The van der Waals surface area contributed by atoms with E-state index in [9.17, 15) is 4.79 Å². The number of pyridine rings is 1. The molecule has 3 aliphatic rings. The molecule has 2 bridgehead atoms. The number of carbonyl (C=O) groups excluding carboxylic acids is 1. The highest BCUT2D eigenvalue weighted by atomic mass is 16.5. The van der Waals surface area contributed by atoms with Crippen LogP contribution in [0.2, 0.25) is 0 Å². The molecule has 4 heterocycles. The maximum atomic E-state index is 12.9. The van der Waals surface area contributed by atoms with Gasteiger partial charge in [-0.05, 0) is 57.6 Å². The Hall–Kier alpha value is -3.00. The fourth-order valence-corrected chi connectivity index (χ4v) is 4.93. The van der Waals surface area contributed by atoms with Crippen molar-refractivity contribution in [1.29, 1.82) is 0 Å². The minimum absolute atomic E-state index is 0.0486. The van der Waals surface area contributed by atoms with Crippen LogP contribution in [0.4, 0.5) is 5.82 Å². The van der Waals surface area contributed by atoms with E-state index in [0.29, 0.717) is 24.0 Å². The SMILES string of the molecule is C[C@]12CC[C@](c3cn4cc(C(=O)Nc5ccccn5)nc(OC5CCC5)c4n3)(CO1)C2. The number of ether oxygens (including phenoxy) is 2. The lowest BCUT2D eigenvalue weighted by Crippen LogP contribution is -2.27. The van der Waals surface area contributed by atoms with E-state index in [1.165, 1.54) is 0 Å². The molecular formula is C23H25N5O3. The molecule has 3 aromatic rings. The molecular weight excluding hydrogens is 394 g/mol. The topological polar surface area (TPSA) is 90.6 Å². The maximum Gasteiger partial charge on any atom is 0.277 e. The highest BCUT2D eigenvalue weighted by Crippen LogP contribution is 2.53. The highest BCUT2D eigenvalue weighted by Gasteiger charge is 2.55. The second-order valence-corrected chi connectivity index (χ2v) is 9.32. The highest BCUT2D eigenvalue weighted by molar-refractivity contribution is 6.02. The summed E-state index contributed by atoms with van der Waals surface area (Å²) in [5.74, 6) is 0.570. The fourth-order valence-electron chi connectivity index (χ4n) is 4.93. The molecule has 8 heteroatoms. The number of rotatable bonds is 5. The van der Waals surface area contributed by atoms with Crippen LogP contribution in [0.5, 0.6) is 5.88 Å². The molecule has 2 atom stereocenters. The molecule has 0 radical (unpaired) electrons. The van der Waals surface area contributed by atoms with Gasteiger partial charge in [-0.2, -0.15) is 0 Å². The second kappa shape index (κ2) is 6.75. The largest absolute Gasteiger partial charge is 0.472 e. The van der Waals surface area contributed by atoms with Crippen LogP contribution in [-0.4, -0.2) is 43.6 Å². The number of carbonyl (C=O) groups is 1. The number of aromatic nitrogens is 4. The summed E-state index contributed by atoms with van der Waals surface area (Å²) >= 11 is 0. The van der Waals surface area contributed by atoms with Crippen molar-refractivity contribution < 1.29 is 14.3 Å². The average molecular weight is 419 g/mol. The summed E-state index contributed by atoms with van der Waals surface area (Å²) in [5.41, 5.74) is 1.81. The van der Waals surface area contributed by atoms with E-state index < -0.39 is 0 Å². The summed E-state index contributed by atoms with van der Waals surface area (Å²) in [6, 6.07) is 5.37. The lowest BCUT2D eigenvalue weighted by Gasteiger charge is -2.26. The number of hydrogen-bond acceptors (Lipinski definition) is 6. The van der Waals surface area contributed by atoms with Crippen molar-refractivity contribution in [1.82, 2.24) is 19.4 Å². The lowest BCUT2D eigenvalue weighted by molar-refractivity contribution is -0.00627. The minimum atomic E-state index is -0.329. The summed E-state index contributed by atoms with van der Waals surface area (Å²) in [5, 5.41) is 2.80. The van der Waals surface area contributed by atoms with Crippen LogP contribution in [0.15, 0.2) is 36.8 Å². The Balaban J connectivity index is 1.39. The van der Waals surface area contributed by atoms with E-state index in [1.807, 2.05) is 16.7 Å². The zero-order chi connectivity index (χ0) is 21.1. The second-order valence-electron chi connectivity index (χ2n) is 9.32. The number of imidazole rings is 1. The van der Waals surface area contributed by atoms with Gasteiger partial charge in [0.15, 0.2) is 0 Å². The molecule has 6 rings (SSSR count). The Morgan fingerprint density at radius 1 is 1.26 bits per heavy atom. The molecule has 1 amide bonds. The summed E-state index contributed by atoms with van der Waals surface area (Å²) in [4.78, 5) is 26.5. The van der Waals surface area contributed by atoms with Gasteiger partial charge in [-0.25, -0.2) is 15.0 Å². The number of amides is 1. The summed E-state index contributed by atoms with van der Waals surface area (Å²) < 4.78 is 14.1. The van der Waals surface area contributed by atoms with Gasteiger partial charge >= 0.3 is 0 Å². The van der Waals surface area contributed by atoms with Crippen LogP contribution >= 0.6 is 0 Å². The molecule has 2 aliphatic carbocycles. The number of hydrogen-bond donors (Lipinski definition) is 1. The predicted molar refractivity (Wildman–Crippen MR) is 113 cm³/mol. The van der Waals surface area contributed by atoms with E-state index in [0.717, 1.165) is 44.2 Å². The number of fused-ring (bicyclic) bond motifs is 3. The van der Waals surface area contributed by atoms with Gasteiger partial charge in [0.05, 0.1) is 17.9 Å². The Kier molecular flexibility index (Phi) is 4.08. The van der Waals surface area contributed by atoms with Crippen LogP contribution in [0.25, 0.3) is 5.65 Å². The van der Waals surface area contributed by atoms with Gasteiger partial charge in [0, 0.05) is 24.0 Å². The third kappa shape index (κ3) is 3.17. The van der Waals surface area contributed by atoms with Crippen LogP contribution in [-0.2, 0) is 10.2 Å². The van der Waals surface area contributed by atoms with E-state index in [1.54, 1.807) is 24.5 Å². The molecule has 1 N–H and O–H groups in total. The number of nitrogens with zero attached hydrogens (tertiary/aromatic N) is 4. The first-order valence-electron chi connectivity index (χ1n) is 11.0. The molecule has 8 nitrogen and oxygen atoms in total. The summed E-state index contributed by atoms with van der Waals surface area (Å²) in [7, 11) is 0. The maximum absolute atomic E-state index is 12.9. The van der Waals surface area contributed by atoms with Crippen molar-refractivity contribution in [3.8, 4) is 5.88 Å². The van der Waals surface area contributed by atoms with Crippen LogP contribution in [0.3, 0.4) is 0 Å². The molecule has 160 valence electrons. The zero-order valence-electron chi connectivity index (χ0n) is 17.5. The minimum Gasteiger partial charge on any atom is -0.472 e. The van der Waals surface area contributed by atoms with Gasteiger partial charge in [-0.3, -0.25) is 9.20 Å². The lowest BCUT2D eigenvalue weighted by atomic mass is 9.84. The molecule has 1 aliphatic heterocycles. The molecule has 0 aromatic carbocycles. The van der Waals surface area contributed by atoms with Crippen LogP contribution in [0, 0.1) is 0 Å². The predicted octanol–water partition coefficient (Wildman–Crippen LogP) is 3.52. The van der Waals surface area contributed by atoms with Gasteiger partial charge in [-0.15, -0.1) is 0 Å². The zero-order valence-corrected chi connectivity index (χ0v) is 17.5. The van der Waals surface area contributed by atoms with E-state index in [4.69, 9.17) is 14.5 Å². The Morgan fingerprint density at radius 2 is 2.16 bits per heavy atom. The van der Waals surface area contributed by atoms with Gasteiger partial charge in [-0.1, -0.05) is 6.07 Å². The monoisotopic (exact) mass is 419 g/mol. The molecule has 1 saturated heterocycles. The molecule has 0 spiro atoms. The smallest absolute Gasteiger partial charge is 0.277 e. The molecule has 2 saturated carbocycles. The Labute approximate surface area is 180 Å². The summed E-state index contributed by atoms with van der Waals surface area (Å²) in [6.07, 6.45) is 11.7. The average Bonchev–Trinajstić information content (AvgIpc) is 3.42. The third-order valence-electron chi connectivity index (χ3n) is 6.96. The Morgan fingerprint density at radius 3 is 2.81 bits per heavy atom. The van der Waals surface area contributed by atoms with Gasteiger partial charge in [0.2, 0.25) is 5.65 Å². The Bertz CT molecular complexity index is 1150. The van der Waals surface area contributed by atoms with Gasteiger partial charge in [0.1, 0.15) is 17.6 Å². The molecule has 0 unspecified atom stereocenters. The first-order chi connectivity index (χ1) is 15.0. The van der Waals surface area contributed by atoms with Crippen LogP contribution < -0.4 is 10.1 Å².